The van der Waals surface area contributed by atoms with Crippen LogP contribution in [0.25, 0.3) is 0 Å². The van der Waals surface area contributed by atoms with Gasteiger partial charge in [-0.2, -0.15) is 0 Å². The third kappa shape index (κ3) is 5.35. The van der Waals surface area contributed by atoms with Crippen LogP contribution >= 0.6 is 0 Å². The summed E-state index contributed by atoms with van der Waals surface area (Å²) in [6.45, 7) is 9.68. The summed E-state index contributed by atoms with van der Waals surface area (Å²) in [6, 6.07) is 13.3. The van der Waals surface area contributed by atoms with E-state index in [2.05, 4.69) is 24.5 Å². The van der Waals surface area contributed by atoms with Crippen molar-refractivity contribution in [3.8, 4) is 5.75 Å². The molecule has 2 N–H and O–H groups in total. The van der Waals surface area contributed by atoms with Gasteiger partial charge in [-0.05, 0) is 55.5 Å². The second kappa shape index (κ2) is 9.93. The molecule has 0 spiro atoms. The highest BCUT2D eigenvalue weighted by molar-refractivity contribution is 5.97. The first-order valence-electron chi connectivity index (χ1n) is 9.83. The van der Waals surface area contributed by atoms with Gasteiger partial charge in [0, 0.05) is 17.8 Å². The Hall–Kier alpha value is -2.82. The van der Waals surface area contributed by atoms with Crippen molar-refractivity contribution < 1.29 is 14.3 Å². The summed E-state index contributed by atoms with van der Waals surface area (Å²) in [5.41, 5.74) is 3.26. The molecule has 0 bridgehead atoms. The quantitative estimate of drug-likeness (QED) is 0.654. The Labute approximate surface area is 167 Å². The molecule has 0 radical (unpaired) electrons. The van der Waals surface area contributed by atoms with Gasteiger partial charge < -0.3 is 15.4 Å². The summed E-state index contributed by atoms with van der Waals surface area (Å²) in [6.07, 6.45) is 0.742. The molecule has 2 rings (SSSR count). The van der Waals surface area contributed by atoms with Crippen molar-refractivity contribution in [3.05, 3.63) is 53.6 Å². The molecule has 2 unspecified atom stereocenters. The number of carbonyl (C=O) groups is 2. The van der Waals surface area contributed by atoms with Crippen LogP contribution in [0, 0.1) is 6.92 Å². The van der Waals surface area contributed by atoms with E-state index in [1.807, 2.05) is 43.3 Å². The number of carbonyl (C=O) groups excluding carboxylic acids is 2. The van der Waals surface area contributed by atoms with Crippen LogP contribution in [0.1, 0.15) is 57.6 Å². The van der Waals surface area contributed by atoms with Gasteiger partial charge >= 0.3 is 0 Å². The standard InChI is InChI=1S/C23H30N2O3/c1-6-15(3)18-11-8-9-14-21(18)28-17(5)23(27)25-20-13-10-12-19(16(20)4)24-22(26)7-2/h8-15,17H,6-7H2,1-5H3,(H,24,26)(H,25,27). The molecule has 2 aromatic rings. The van der Waals surface area contributed by atoms with Gasteiger partial charge in [-0.15, -0.1) is 0 Å². The summed E-state index contributed by atoms with van der Waals surface area (Å²) >= 11 is 0. The maximum atomic E-state index is 12.7. The maximum absolute atomic E-state index is 12.7. The topological polar surface area (TPSA) is 67.4 Å². The van der Waals surface area contributed by atoms with Gasteiger partial charge in [0.2, 0.25) is 5.91 Å². The largest absolute Gasteiger partial charge is 0.481 e. The monoisotopic (exact) mass is 382 g/mol. The minimum absolute atomic E-state index is 0.0649. The molecular weight excluding hydrogens is 352 g/mol. The average Bonchev–Trinajstić information content (AvgIpc) is 2.70. The van der Waals surface area contributed by atoms with Crippen LogP contribution in [-0.2, 0) is 9.59 Å². The van der Waals surface area contributed by atoms with Crippen LogP contribution in [0.3, 0.4) is 0 Å². The second-order valence-electron chi connectivity index (χ2n) is 6.98. The smallest absolute Gasteiger partial charge is 0.265 e. The lowest BCUT2D eigenvalue weighted by molar-refractivity contribution is -0.122. The van der Waals surface area contributed by atoms with Crippen LogP contribution < -0.4 is 15.4 Å². The number of anilines is 2. The number of nitrogens with one attached hydrogen (secondary N) is 2. The number of rotatable bonds is 8. The Balaban J connectivity index is 2.12. The van der Waals surface area contributed by atoms with Crippen molar-refractivity contribution in [1.29, 1.82) is 0 Å². The van der Waals surface area contributed by atoms with Crippen molar-refractivity contribution in [2.24, 2.45) is 0 Å². The number of ether oxygens (including phenoxy) is 1. The van der Waals surface area contributed by atoms with E-state index in [0.717, 1.165) is 23.3 Å². The predicted molar refractivity (Wildman–Crippen MR) is 114 cm³/mol. The molecule has 28 heavy (non-hydrogen) atoms. The van der Waals surface area contributed by atoms with E-state index in [0.29, 0.717) is 23.7 Å². The highest BCUT2D eigenvalue weighted by atomic mass is 16.5. The van der Waals surface area contributed by atoms with Crippen LogP contribution in [0.2, 0.25) is 0 Å². The number of hydrogen-bond acceptors (Lipinski definition) is 3. The minimum Gasteiger partial charge on any atom is -0.481 e. The fourth-order valence-electron chi connectivity index (χ4n) is 2.84. The van der Waals surface area contributed by atoms with Crippen molar-refractivity contribution in [2.45, 2.75) is 59.5 Å². The van der Waals surface area contributed by atoms with Gasteiger partial charge in [-0.25, -0.2) is 0 Å². The van der Waals surface area contributed by atoms with E-state index in [1.165, 1.54) is 0 Å². The average molecular weight is 383 g/mol. The van der Waals surface area contributed by atoms with Gasteiger partial charge in [0.15, 0.2) is 6.10 Å². The second-order valence-corrected chi connectivity index (χ2v) is 6.98. The van der Waals surface area contributed by atoms with Crippen molar-refractivity contribution >= 4 is 23.2 Å². The summed E-state index contributed by atoms with van der Waals surface area (Å²) in [4.78, 5) is 24.4. The minimum atomic E-state index is -0.654. The zero-order valence-corrected chi connectivity index (χ0v) is 17.3. The summed E-state index contributed by atoms with van der Waals surface area (Å²) in [5, 5.41) is 5.76. The molecular formula is C23H30N2O3. The molecule has 0 aliphatic rings. The molecule has 2 amide bonds. The van der Waals surface area contributed by atoms with Gasteiger partial charge in [0.05, 0.1) is 0 Å². The number of para-hydroxylation sites is 1. The van der Waals surface area contributed by atoms with E-state index in [-0.39, 0.29) is 11.8 Å². The molecule has 150 valence electrons. The Bertz CT molecular complexity index is 832. The van der Waals surface area contributed by atoms with E-state index < -0.39 is 6.10 Å². The molecule has 0 saturated carbocycles. The molecule has 0 aliphatic carbocycles. The van der Waals surface area contributed by atoms with E-state index >= 15 is 0 Å². The molecule has 0 aliphatic heterocycles. The van der Waals surface area contributed by atoms with E-state index in [4.69, 9.17) is 4.74 Å². The number of benzene rings is 2. The first kappa shape index (κ1) is 21.5. The van der Waals surface area contributed by atoms with Crippen molar-refractivity contribution in [1.82, 2.24) is 0 Å². The SMILES string of the molecule is CCC(=O)Nc1cccc(NC(=O)C(C)Oc2ccccc2C(C)CC)c1C. The van der Waals surface area contributed by atoms with Gasteiger partial charge in [-0.1, -0.05) is 45.0 Å². The Kier molecular flexibility index (Phi) is 7.61. The molecule has 0 heterocycles. The summed E-state index contributed by atoms with van der Waals surface area (Å²) in [5.74, 6) is 0.790. The van der Waals surface area contributed by atoms with Crippen LogP contribution in [0.15, 0.2) is 42.5 Å². The van der Waals surface area contributed by atoms with E-state index in [9.17, 15) is 9.59 Å². The van der Waals surface area contributed by atoms with Crippen LogP contribution in [0.4, 0.5) is 11.4 Å². The van der Waals surface area contributed by atoms with Gasteiger partial charge in [0.25, 0.3) is 5.91 Å². The number of amides is 2. The lowest BCUT2D eigenvalue weighted by Crippen LogP contribution is -2.30. The third-order valence-corrected chi connectivity index (χ3v) is 4.92. The fraction of sp³-hybridized carbons (Fsp3) is 0.391. The van der Waals surface area contributed by atoms with E-state index in [1.54, 1.807) is 19.9 Å². The molecule has 0 aromatic heterocycles. The summed E-state index contributed by atoms with van der Waals surface area (Å²) < 4.78 is 5.97. The zero-order valence-electron chi connectivity index (χ0n) is 17.3. The lowest BCUT2D eigenvalue weighted by Gasteiger charge is -2.20. The molecule has 2 aromatic carbocycles. The van der Waals surface area contributed by atoms with Gasteiger partial charge in [-0.3, -0.25) is 9.59 Å². The molecule has 2 atom stereocenters. The molecule has 0 saturated heterocycles. The highest BCUT2D eigenvalue weighted by Crippen LogP contribution is 2.29. The molecule has 5 nitrogen and oxygen atoms in total. The normalized spacial score (nSPS) is 12.8. The zero-order chi connectivity index (χ0) is 20.7. The fourth-order valence-corrected chi connectivity index (χ4v) is 2.84. The van der Waals surface area contributed by atoms with Crippen LogP contribution in [0.5, 0.6) is 5.75 Å². The highest BCUT2D eigenvalue weighted by Gasteiger charge is 2.19. The molecule has 0 fully saturated rings. The van der Waals surface area contributed by atoms with Crippen molar-refractivity contribution in [3.63, 3.8) is 0 Å². The van der Waals surface area contributed by atoms with Crippen LogP contribution in [-0.4, -0.2) is 17.9 Å². The van der Waals surface area contributed by atoms with Gasteiger partial charge in [0.1, 0.15) is 5.75 Å². The van der Waals surface area contributed by atoms with Crippen molar-refractivity contribution in [2.75, 3.05) is 10.6 Å². The first-order chi connectivity index (χ1) is 13.4. The Morgan fingerprint density at radius 3 is 2.25 bits per heavy atom. The molecule has 5 heteroatoms. The Morgan fingerprint density at radius 1 is 0.964 bits per heavy atom. The Morgan fingerprint density at radius 2 is 1.61 bits per heavy atom. The number of hydrogen-bond donors (Lipinski definition) is 2. The third-order valence-electron chi connectivity index (χ3n) is 4.92. The predicted octanol–water partition coefficient (Wildman–Crippen LogP) is 5.26. The maximum Gasteiger partial charge on any atom is 0.265 e. The summed E-state index contributed by atoms with van der Waals surface area (Å²) in [7, 11) is 0. The first-order valence-corrected chi connectivity index (χ1v) is 9.83. The lowest BCUT2D eigenvalue weighted by atomic mass is 9.98.